The zero-order chi connectivity index (χ0) is 14.4. The normalized spacial score (nSPS) is 18.1. The van der Waals surface area contributed by atoms with Gasteiger partial charge in [0.1, 0.15) is 6.54 Å². The number of nitrogens with zero attached hydrogens (tertiary/aromatic N) is 1. The minimum absolute atomic E-state index is 0.0337. The average Bonchev–Trinajstić information content (AvgIpc) is 2.36. The van der Waals surface area contributed by atoms with Crippen LogP contribution in [0, 0.1) is 5.92 Å². The Morgan fingerprint density at radius 3 is 2.37 bits per heavy atom. The number of carbonyl (C=O) groups is 2. The fourth-order valence-electron chi connectivity index (χ4n) is 2.25. The van der Waals surface area contributed by atoms with Crippen LogP contribution in [0.4, 0.5) is 4.79 Å². The molecule has 0 radical (unpaired) electrons. The van der Waals surface area contributed by atoms with Crippen LogP contribution in [0.5, 0.6) is 0 Å². The van der Waals surface area contributed by atoms with E-state index in [2.05, 4.69) is 5.32 Å². The van der Waals surface area contributed by atoms with Gasteiger partial charge in [0.15, 0.2) is 0 Å². The molecule has 1 fully saturated rings. The number of hydrogen-bond acceptors (Lipinski definition) is 3. The van der Waals surface area contributed by atoms with Gasteiger partial charge >= 0.3 is 12.0 Å². The molecule has 2 N–H and O–H groups in total. The maximum absolute atomic E-state index is 12.1. The summed E-state index contributed by atoms with van der Waals surface area (Å²) in [6.45, 7) is 6.77. The average molecular weight is 272 g/mol. The van der Waals surface area contributed by atoms with Gasteiger partial charge < -0.3 is 20.1 Å². The summed E-state index contributed by atoms with van der Waals surface area (Å²) in [6.07, 6.45) is 1.87. The van der Waals surface area contributed by atoms with E-state index in [-0.39, 0.29) is 24.7 Å². The Kier molecular flexibility index (Phi) is 6.08. The molecule has 1 aliphatic heterocycles. The first-order chi connectivity index (χ1) is 8.91. The van der Waals surface area contributed by atoms with E-state index in [9.17, 15) is 9.59 Å². The lowest BCUT2D eigenvalue weighted by Crippen LogP contribution is -2.51. The summed E-state index contributed by atoms with van der Waals surface area (Å²) in [4.78, 5) is 24.2. The number of carboxylic acids is 1. The lowest BCUT2D eigenvalue weighted by atomic mass is 9.93. The molecule has 2 amide bonds. The van der Waals surface area contributed by atoms with Crippen molar-refractivity contribution >= 4 is 12.0 Å². The van der Waals surface area contributed by atoms with Crippen LogP contribution in [0.25, 0.3) is 0 Å². The van der Waals surface area contributed by atoms with Gasteiger partial charge in [0.25, 0.3) is 0 Å². The number of nitrogens with one attached hydrogen (secondary N) is 1. The van der Waals surface area contributed by atoms with E-state index in [1.807, 2.05) is 20.8 Å². The SMILES string of the molecule is CC(NC(=O)N(CC(=O)O)C(C)C)C1CCOCC1. The van der Waals surface area contributed by atoms with Crippen LogP contribution in [0.3, 0.4) is 0 Å². The molecule has 6 nitrogen and oxygen atoms in total. The van der Waals surface area contributed by atoms with Crippen molar-refractivity contribution in [2.24, 2.45) is 5.92 Å². The van der Waals surface area contributed by atoms with Crippen LogP contribution in [0.2, 0.25) is 0 Å². The van der Waals surface area contributed by atoms with Crippen molar-refractivity contribution in [1.29, 1.82) is 0 Å². The molecule has 1 saturated heterocycles. The van der Waals surface area contributed by atoms with Crippen LogP contribution in [-0.2, 0) is 9.53 Å². The van der Waals surface area contributed by atoms with Gasteiger partial charge in [-0.15, -0.1) is 0 Å². The molecular formula is C13H24N2O4. The van der Waals surface area contributed by atoms with Gasteiger partial charge in [-0.3, -0.25) is 4.79 Å². The molecule has 1 atom stereocenters. The zero-order valence-corrected chi connectivity index (χ0v) is 11.9. The van der Waals surface area contributed by atoms with E-state index in [1.165, 1.54) is 4.90 Å². The molecule has 1 heterocycles. The quantitative estimate of drug-likeness (QED) is 0.791. The standard InChI is InChI=1S/C13H24N2O4/c1-9(2)15(8-12(16)17)13(18)14-10(3)11-4-6-19-7-5-11/h9-11H,4-8H2,1-3H3,(H,14,18)(H,16,17). The Hall–Kier alpha value is -1.30. The maximum Gasteiger partial charge on any atom is 0.323 e. The van der Waals surface area contributed by atoms with Crippen LogP contribution >= 0.6 is 0 Å². The second-order valence-electron chi connectivity index (χ2n) is 5.30. The highest BCUT2D eigenvalue weighted by molar-refractivity contribution is 5.80. The van der Waals surface area contributed by atoms with Gasteiger partial charge in [0.05, 0.1) is 0 Å². The van der Waals surface area contributed by atoms with E-state index < -0.39 is 5.97 Å². The van der Waals surface area contributed by atoms with E-state index in [4.69, 9.17) is 9.84 Å². The first kappa shape index (κ1) is 15.8. The molecule has 1 unspecified atom stereocenters. The monoisotopic (exact) mass is 272 g/mol. The number of carboxylic acid groups (broad SMARTS) is 1. The molecule has 0 bridgehead atoms. The third-order valence-electron chi connectivity index (χ3n) is 3.51. The number of urea groups is 1. The fraction of sp³-hybridized carbons (Fsp3) is 0.846. The van der Waals surface area contributed by atoms with E-state index in [0.717, 1.165) is 26.1 Å². The summed E-state index contributed by atoms with van der Waals surface area (Å²) in [6, 6.07) is -0.416. The Bertz CT molecular complexity index is 314. The summed E-state index contributed by atoms with van der Waals surface area (Å²) in [5, 5.41) is 11.7. The summed E-state index contributed by atoms with van der Waals surface area (Å²) in [5.74, 6) is -0.598. The number of hydrogen-bond donors (Lipinski definition) is 2. The predicted octanol–water partition coefficient (Wildman–Crippen LogP) is 1.31. The third-order valence-corrected chi connectivity index (χ3v) is 3.51. The molecule has 19 heavy (non-hydrogen) atoms. The largest absolute Gasteiger partial charge is 0.480 e. The molecule has 110 valence electrons. The van der Waals surface area contributed by atoms with Crippen molar-refractivity contribution in [2.45, 2.75) is 45.7 Å². The molecule has 1 aliphatic rings. The third kappa shape index (κ3) is 5.06. The van der Waals surface area contributed by atoms with Crippen molar-refractivity contribution in [2.75, 3.05) is 19.8 Å². The number of carbonyl (C=O) groups excluding carboxylic acids is 1. The molecule has 0 spiro atoms. The Labute approximate surface area is 114 Å². The van der Waals surface area contributed by atoms with Crippen LogP contribution in [0.15, 0.2) is 0 Å². The van der Waals surface area contributed by atoms with Crippen molar-refractivity contribution in [1.82, 2.24) is 10.2 Å². The summed E-state index contributed by atoms with van der Waals surface area (Å²) in [7, 11) is 0. The fourth-order valence-corrected chi connectivity index (χ4v) is 2.25. The van der Waals surface area contributed by atoms with Gasteiger partial charge in [0.2, 0.25) is 0 Å². The molecule has 6 heteroatoms. The highest BCUT2D eigenvalue weighted by Crippen LogP contribution is 2.18. The first-order valence-corrected chi connectivity index (χ1v) is 6.78. The van der Waals surface area contributed by atoms with Crippen LogP contribution in [0.1, 0.15) is 33.6 Å². The van der Waals surface area contributed by atoms with Gasteiger partial charge in [-0.05, 0) is 39.5 Å². The van der Waals surface area contributed by atoms with E-state index >= 15 is 0 Å². The number of ether oxygens (including phenoxy) is 1. The van der Waals surface area contributed by atoms with Crippen molar-refractivity contribution in [3.8, 4) is 0 Å². The van der Waals surface area contributed by atoms with Crippen LogP contribution < -0.4 is 5.32 Å². The van der Waals surface area contributed by atoms with Gasteiger partial charge in [-0.25, -0.2) is 4.79 Å². The maximum atomic E-state index is 12.1. The molecule has 0 saturated carbocycles. The smallest absolute Gasteiger partial charge is 0.323 e. The molecule has 0 aromatic carbocycles. The second-order valence-corrected chi connectivity index (χ2v) is 5.30. The Morgan fingerprint density at radius 1 is 1.32 bits per heavy atom. The van der Waals surface area contributed by atoms with Crippen molar-refractivity contribution in [3.63, 3.8) is 0 Å². The van der Waals surface area contributed by atoms with Crippen molar-refractivity contribution in [3.05, 3.63) is 0 Å². The molecule has 1 rings (SSSR count). The minimum Gasteiger partial charge on any atom is -0.480 e. The first-order valence-electron chi connectivity index (χ1n) is 6.78. The summed E-state index contributed by atoms with van der Waals surface area (Å²) >= 11 is 0. The number of rotatable bonds is 5. The lowest BCUT2D eigenvalue weighted by molar-refractivity contribution is -0.138. The Balaban J connectivity index is 2.52. The van der Waals surface area contributed by atoms with Crippen molar-refractivity contribution < 1.29 is 19.4 Å². The highest BCUT2D eigenvalue weighted by Gasteiger charge is 2.25. The number of aliphatic carboxylic acids is 1. The molecule has 0 aliphatic carbocycles. The molecular weight excluding hydrogens is 248 g/mol. The van der Waals surface area contributed by atoms with E-state index in [1.54, 1.807) is 0 Å². The number of amides is 2. The Morgan fingerprint density at radius 2 is 1.89 bits per heavy atom. The topological polar surface area (TPSA) is 78.9 Å². The summed E-state index contributed by atoms with van der Waals surface area (Å²) in [5.41, 5.74) is 0. The van der Waals surface area contributed by atoms with Gasteiger partial charge in [0, 0.05) is 25.3 Å². The molecule has 0 aromatic rings. The highest BCUT2D eigenvalue weighted by atomic mass is 16.5. The van der Waals surface area contributed by atoms with Crippen LogP contribution in [-0.4, -0.2) is 53.8 Å². The summed E-state index contributed by atoms with van der Waals surface area (Å²) < 4.78 is 5.29. The minimum atomic E-state index is -0.998. The zero-order valence-electron chi connectivity index (χ0n) is 11.9. The second kappa shape index (κ2) is 7.33. The lowest BCUT2D eigenvalue weighted by Gasteiger charge is -2.32. The molecule has 0 aromatic heterocycles. The predicted molar refractivity (Wildman–Crippen MR) is 71.0 cm³/mol. The van der Waals surface area contributed by atoms with Gasteiger partial charge in [-0.1, -0.05) is 0 Å². The van der Waals surface area contributed by atoms with Gasteiger partial charge in [-0.2, -0.15) is 0 Å². The van der Waals surface area contributed by atoms with E-state index in [0.29, 0.717) is 5.92 Å².